The van der Waals surface area contributed by atoms with E-state index < -0.39 is 0 Å². The molecule has 2 aromatic rings. The van der Waals surface area contributed by atoms with Crippen LogP contribution < -0.4 is 0 Å². The molecule has 84 valence electrons. The summed E-state index contributed by atoms with van der Waals surface area (Å²) in [5.74, 6) is 0. The summed E-state index contributed by atoms with van der Waals surface area (Å²) in [4.78, 5) is 1.30. The fourth-order valence-corrected chi connectivity index (χ4v) is 3.09. The SMILES string of the molecule is Cc1ccc(Cl)cc1C(Cl)Cc1cccs1. The van der Waals surface area contributed by atoms with Gasteiger partial charge in [-0.15, -0.1) is 22.9 Å². The Labute approximate surface area is 110 Å². The van der Waals surface area contributed by atoms with Crippen LogP contribution in [0.25, 0.3) is 0 Å². The van der Waals surface area contributed by atoms with Gasteiger partial charge >= 0.3 is 0 Å². The third kappa shape index (κ3) is 2.79. The quantitative estimate of drug-likeness (QED) is 0.670. The molecule has 0 amide bonds. The molecule has 3 heteroatoms. The maximum atomic E-state index is 6.42. The molecule has 0 radical (unpaired) electrons. The predicted molar refractivity (Wildman–Crippen MR) is 72.8 cm³/mol. The van der Waals surface area contributed by atoms with Crippen LogP contribution in [0.5, 0.6) is 0 Å². The first kappa shape index (κ1) is 12.0. The van der Waals surface area contributed by atoms with Gasteiger partial charge in [0, 0.05) is 16.3 Å². The molecule has 0 N–H and O–H groups in total. The first-order valence-corrected chi connectivity index (χ1v) is 6.78. The summed E-state index contributed by atoms with van der Waals surface area (Å²) >= 11 is 14.1. The van der Waals surface area contributed by atoms with Crippen LogP contribution in [0.3, 0.4) is 0 Å². The first-order chi connectivity index (χ1) is 7.66. The molecule has 1 aromatic heterocycles. The van der Waals surface area contributed by atoms with Gasteiger partial charge in [0.15, 0.2) is 0 Å². The van der Waals surface area contributed by atoms with Gasteiger partial charge in [0.2, 0.25) is 0 Å². The van der Waals surface area contributed by atoms with E-state index in [9.17, 15) is 0 Å². The lowest BCUT2D eigenvalue weighted by Crippen LogP contribution is -1.97. The molecule has 1 aromatic carbocycles. The van der Waals surface area contributed by atoms with Crippen molar-refractivity contribution in [3.8, 4) is 0 Å². The highest BCUT2D eigenvalue weighted by atomic mass is 35.5. The van der Waals surface area contributed by atoms with E-state index >= 15 is 0 Å². The van der Waals surface area contributed by atoms with Gasteiger partial charge in [-0.05, 0) is 41.6 Å². The number of alkyl halides is 1. The van der Waals surface area contributed by atoms with Crippen LogP contribution in [-0.4, -0.2) is 0 Å². The second-order valence-electron chi connectivity index (χ2n) is 3.75. The molecule has 0 bridgehead atoms. The lowest BCUT2D eigenvalue weighted by molar-refractivity contribution is 0.927. The normalized spacial score (nSPS) is 12.7. The lowest BCUT2D eigenvalue weighted by atomic mass is 10.0. The first-order valence-electron chi connectivity index (χ1n) is 5.09. The van der Waals surface area contributed by atoms with Gasteiger partial charge in [-0.1, -0.05) is 23.7 Å². The molecule has 0 aliphatic heterocycles. The molecule has 0 nitrogen and oxygen atoms in total. The fourth-order valence-electron chi connectivity index (χ4n) is 1.66. The van der Waals surface area contributed by atoms with E-state index in [2.05, 4.69) is 24.4 Å². The standard InChI is InChI=1S/C13H12Cl2S/c1-9-4-5-10(14)7-12(9)13(15)8-11-3-2-6-16-11/h2-7,13H,8H2,1H3. The minimum Gasteiger partial charge on any atom is -0.149 e. The van der Waals surface area contributed by atoms with Crippen molar-refractivity contribution in [2.45, 2.75) is 18.7 Å². The Morgan fingerprint density at radius 1 is 1.31 bits per heavy atom. The molecule has 2 rings (SSSR count). The minimum atomic E-state index is -0.00245. The van der Waals surface area contributed by atoms with E-state index in [0.29, 0.717) is 0 Å². The Morgan fingerprint density at radius 2 is 2.12 bits per heavy atom. The molecule has 1 atom stereocenters. The van der Waals surface area contributed by atoms with E-state index in [1.54, 1.807) is 11.3 Å². The molecule has 1 unspecified atom stereocenters. The van der Waals surface area contributed by atoms with Crippen molar-refractivity contribution < 1.29 is 0 Å². The lowest BCUT2D eigenvalue weighted by Gasteiger charge is -2.12. The maximum Gasteiger partial charge on any atom is 0.0636 e. The van der Waals surface area contributed by atoms with Crippen LogP contribution >= 0.6 is 34.5 Å². The van der Waals surface area contributed by atoms with Gasteiger partial charge in [0.1, 0.15) is 0 Å². The van der Waals surface area contributed by atoms with Gasteiger partial charge < -0.3 is 0 Å². The Hall–Kier alpha value is -0.500. The number of aryl methyl sites for hydroxylation is 1. The highest BCUT2D eigenvalue weighted by molar-refractivity contribution is 7.09. The number of halogens is 2. The third-order valence-electron chi connectivity index (χ3n) is 2.54. The topological polar surface area (TPSA) is 0 Å². The second-order valence-corrected chi connectivity index (χ2v) is 5.75. The number of thiophene rings is 1. The van der Waals surface area contributed by atoms with E-state index in [1.165, 1.54) is 10.4 Å². The summed E-state index contributed by atoms with van der Waals surface area (Å²) in [6.45, 7) is 2.06. The molecule has 0 saturated carbocycles. The largest absolute Gasteiger partial charge is 0.149 e. The van der Waals surface area contributed by atoms with Crippen LogP contribution in [0.15, 0.2) is 35.7 Å². The zero-order chi connectivity index (χ0) is 11.5. The van der Waals surface area contributed by atoms with Gasteiger partial charge in [0.25, 0.3) is 0 Å². The molecule has 0 aliphatic rings. The summed E-state index contributed by atoms with van der Waals surface area (Å²) in [5, 5.41) is 2.82. The van der Waals surface area contributed by atoms with Crippen LogP contribution in [0, 0.1) is 6.92 Å². The maximum absolute atomic E-state index is 6.42. The fraction of sp³-hybridized carbons (Fsp3) is 0.231. The molecular formula is C13H12Cl2S. The number of rotatable bonds is 3. The average molecular weight is 271 g/mol. The van der Waals surface area contributed by atoms with Gasteiger partial charge in [-0.3, -0.25) is 0 Å². The highest BCUT2D eigenvalue weighted by Gasteiger charge is 2.12. The van der Waals surface area contributed by atoms with E-state index in [-0.39, 0.29) is 5.38 Å². The summed E-state index contributed by atoms with van der Waals surface area (Å²) < 4.78 is 0. The average Bonchev–Trinajstić information content (AvgIpc) is 2.74. The Bertz CT molecular complexity index is 463. The molecule has 0 spiro atoms. The summed E-state index contributed by atoms with van der Waals surface area (Å²) in [6, 6.07) is 10.0. The van der Waals surface area contributed by atoms with Crippen LogP contribution in [0.4, 0.5) is 0 Å². The van der Waals surface area contributed by atoms with Crippen molar-refractivity contribution in [1.29, 1.82) is 0 Å². The van der Waals surface area contributed by atoms with Crippen molar-refractivity contribution in [1.82, 2.24) is 0 Å². The van der Waals surface area contributed by atoms with Crippen molar-refractivity contribution in [3.63, 3.8) is 0 Å². The Morgan fingerprint density at radius 3 is 2.81 bits per heavy atom. The minimum absolute atomic E-state index is 0.00245. The van der Waals surface area contributed by atoms with Gasteiger partial charge in [-0.2, -0.15) is 0 Å². The van der Waals surface area contributed by atoms with Gasteiger partial charge in [-0.25, -0.2) is 0 Å². The number of hydrogen-bond acceptors (Lipinski definition) is 1. The zero-order valence-corrected chi connectivity index (χ0v) is 11.2. The molecule has 0 fully saturated rings. The predicted octanol–water partition coefficient (Wildman–Crippen LogP) is 5.23. The van der Waals surface area contributed by atoms with Crippen molar-refractivity contribution in [2.75, 3.05) is 0 Å². The zero-order valence-electron chi connectivity index (χ0n) is 8.91. The van der Waals surface area contributed by atoms with Crippen LogP contribution in [0.1, 0.15) is 21.4 Å². The molecule has 0 aliphatic carbocycles. The smallest absolute Gasteiger partial charge is 0.0636 e. The van der Waals surface area contributed by atoms with Crippen LogP contribution in [0.2, 0.25) is 5.02 Å². The molecular weight excluding hydrogens is 259 g/mol. The molecule has 1 heterocycles. The van der Waals surface area contributed by atoms with E-state index in [1.807, 2.05) is 18.2 Å². The van der Waals surface area contributed by atoms with Gasteiger partial charge in [0.05, 0.1) is 5.38 Å². The van der Waals surface area contributed by atoms with E-state index in [4.69, 9.17) is 23.2 Å². The number of benzene rings is 1. The highest BCUT2D eigenvalue weighted by Crippen LogP contribution is 2.30. The Balaban J connectivity index is 2.20. The summed E-state index contributed by atoms with van der Waals surface area (Å²) in [6.07, 6.45) is 0.862. The van der Waals surface area contributed by atoms with Crippen LogP contribution in [-0.2, 0) is 6.42 Å². The second kappa shape index (κ2) is 5.22. The van der Waals surface area contributed by atoms with Crippen molar-refractivity contribution in [3.05, 3.63) is 56.7 Å². The summed E-state index contributed by atoms with van der Waals surface area (Å²) in [7, 11) is 0. The number of hydrogen-bond donors (Lipinski definition) is 0. The monoisotopic (exact) mass is 270 g/mol. The third-order valence-corrected chi connectivity index (χ3v) is 4.06. The Kier molecular flexibility index (Phi) is 3.91. The molecule has 16 heavy (non-hydrogen) atoms. The summed E-state index contributed by atoms with van der Waals surface area (Å²) in [5.41, 5.74) is 2.32. The molecule has 0 saturated heterocycles. The van der Waals surface area contributed by atoms with E-state index in [0.717, 1.165) is 17.0 Å². The van der Waals surface area contributed by atoms with Crippen molar-refractivity contribution in [2.24, 2.45) is 0 Å². The van der Waals surface area contributed by atoms with Crippen molar-refractivity contribution >= 4 is 34.5 Å².